The second-order valence-electron chi connectivity index (χ2n) is 4.25. The monoisotopic (exact) mass is 278 g/mol. The predicted octanol–water partition coefficient (Wildman–Crippen LogP) is 3.07. The van der Waals surface area contributed by atoms with E-state index in [-0.39, 0.29) is 5.69 Å². The number of nitrogens with zero attached hydrogens (tertiary/aromatic N) is 1. The third kappa shape index (κ3) is 2.93. The van der Waals surface area contributed by atoms with E-state index in [0.717, 1.165) is 0 Å². The Balaban J connectivity index is 2.46. The van der Waals surface area contributed by atoms with E-state index in [2.05, 4.69) is 10.3 Å². The minimum atomic E-state index is -0.632. The Morgan fingerprint density at radius 1 is 1.25 bits per heavy atom. The summed E-state index contributed by atoms with van der Waals surface area (Å²) < 4.78 is 33.0. The Morgan fingerprint density at radius 3 is 2.65 bits per heavy atom. The lowest BCUT2D eigenvalue weighted by Gasteiger charge is -2.19. The molecule has 0 aliphatic rings. The number of aromatic nitrogens is 1. The van der Waals surface area contributed by atoms with Crippen LogP contribution in [0.15, 0.2) is 36.5 Å². The maximum absolute atomic E-state index is 14.2. The molecule has 1 aromatic carbocycles. The fourth-order valence-electron chi connectivity index (χ4n) is 2.04. The van der Waals surface area contributed by atoms with Crippen LogP contribution in [-0.2, 0) is 0 Å². The fourth-order valence-corrected chi connectivity index (χ4v) is 2.04. The Bertz CT molecular complexity index is 590. The summed E-state index contributed by atoms with van der Waals surface area (Å²) in [7, 11) is 1.47. The number of hydrogen-bond acceptors (Lipinski definition) is 3. The molecule has 3 nitrogen and oxygen atoms in total. The van der Waals surface area contributed by atoms with Gasteiger partial charge in [0.25, 0.3) is 0 Å². The molecule has 20 heavy (non-hydrogen) atoms. The summed E-state index contributed by atoms with van der Waals surface area (Å²) in [5, 5.41) is 3.05. The summed E-state index contributed by atoms with van der Waals surface area (Å²) in [6.45, 7) is 2.43. The number of methoxy groups -OCH3 is 1. The van der Waals surface area contributed by atoms with Crippen molar-refractivity contribution in [3.05, 3.63) is 59.4 Å². The highest BCUT2D eigenvalue weighted by molar-refractivity contribution is 5.35. The highest BCUT2D eigenvalue weighted by atomic mass is 19.1. The lowest BCUT2D eigenvalue weighted by Crippen LogP contribution is -2.25. The zero-order valence-electron chi connectivity index (χ0n) is 11.4. The van der Waals surface area contributed by atoms with Crippen LogP contribution in [0, 0.1) is 11.6 Å². The van der Waals surface area contributed by atoms with Gasteiger partial charge in [0.2, 0.25) is 0 Å². The third-order valence-electron chi connectivity index (χ3n) is 2.99. The fraction of sp³-hybridized carbons (Fsp3) is 0.267. The van der Waals surface area contributed by atoms with E-state index < -0.39 is 17.7 Å². The highest BCUT2D eigenvalue weighted by Crippen LogP contribution is 2.27. The van der Waals surface area contributed by atoms with E-state index >= 15 is 0 Å². The molecule has 1 N–H and O–H groups in total. The molecule has 0 spiro atoms. The van der Waals surface area contributed by atoms with E-state index in [4.69, 9.17) is 4.74 Å². The first-order chi connectivity index (χ1) is 9.67. The Labute approximate surface area is 116 Å². The second-order valence-corrected chi connectivity index (χ2v) is 4.25. The minimum absolute atomic E-state index is 0.179. The molecule has 1 heterocycles. The maximum Gasteiger partial charge on any atom is 0.146 e. The number of ether oxygens (including phenoxy) is 1. The third-order valence-corrected chi connectivity index (χ3v) is 2.99. The lowest BCUT2D eigenvalue weighted by molar-refractivity contribution is 0.409. The number of pyridine rings is 1. The first kappa shape index (κ1) is 14.4. The first-order valence-electron chi connectivity index (χ1n) is 6.34. The SMILES string of the molecule is CCNC(c1ccc(OC)cc1F)c1ncccc1F. The second kappa shape index (κ2) is 6.43. The molecular formula is C15H16F2N2O. The smallest absolute Gasteiger partial charge is 0.146 e. The van der Waals surface area contributed by atoms with Gasteiger partial charge in [0.15, 0.2) is 0 Å². The molecule has 0 amide bonds. The molecule has 0 aliphatic heterocycles. The molecule has 0 saturated carbocycles. The van der Waals surface area contributed by atoms with Crippen LogP contribution in [0.3, 0.4) is 0 Å². The van der Waals surface area contributed by atoms with Gasteiger partial charge in [0.05, 0.1) is 18.8 Å². The molecule has 0 bridgehead atoms. The average Bonchev–Trinajstić information content (AvgIpc) is 2.46. The first-order valence-corrected chi connectivity index (χ1v) is 6.34. The molecule has 1 atom stereocenters. The zero-order chi connectivity index (χ0) is 14.5. The normalized spacial score (nSPS) is 12.2. The Hall–Kier alpha value is -2.01. The molecule has 1 unspecified atom stereocenters. The van der Waals surface area contributed by atoms with Crippen molar-refractivity contribution in [2.24, 2.45) is 0 Å². The molecule has 5 heteroatoms. The molecular weight excluding hydrogens is 262 g/mol. The summed E-state index contributed by atoms with van der Waals surface area (Å²) >= 11 is 0. The summed E-state index contributed by atoms with van der Waals surface area (Å²) in [5.74, 6) is -0.503. The molecule has 1 aromatic heterocycles. The molecule has 2 aromatic rings. The van der Waals surface area contributed by atoms with Crippen molar-refractivity contribution >= 4 is 0 Å². The van der Waals surface area contributed by atoms with Gasteiger partial charge in [-0.1, -0.05) is 13.0 Å². The van der Waals surface area contributed by atoms with Crippen molar-refractivity contribution in [3.8, 4) is 5.75 Å². The van der Waals surface area contributed by atoms with Gasteiger partial charge < -0.3 is 10.1 Å². The Morgan fingerprint density at radius 2 is 2.05 bits per heavy atom. The average molecular weight is 278 g/mol. The number of rotatable bonds is 5. The van der Waals surface area contributed by atoms with Crippen molar-refractivity contribution < 1.29 is 13.5 Å². The molecule has 2 rings (SSSR count). The molecule has 106 valence electrons. The summed E-state index contributed by atoms with van der Waals surface area (Å²) in [6, 6.07) is 6.69. The van der Waals surface area contributed by atoms with Crippen molar-refractivity contribution in [1.29, 1.82) is 0 Å². The van der Waals surface area contributed by atoms with Crippen molar-refractivity contribution in [1.82, 2.24) is 10.3 Å². The van der Waals surface area contributed by atoms with Crippen LogP contribution < -0.4 is 10.1 Å². The maximum atomic E-state index is 14.2. The standard InChI is InChI=1S/C15H16F2N2O/c1-3-18-14(15-12(16)5-4-8-19-15)11-7-6-10(20-2)9-13(11)17/h4-9,14,18H,3H2,1-2H3. The van der Waals surface area contributed by atoms with Gasteiger partial charge in [0, 0.05) is 17.8 Å². The highest BCUT2D eigenvalue weighted by Gasteiger charge is 2.21. The van der Waals surface area contributed by atoms with Crippen molar-refractivity contribution in [2.45, 2.75) is 13.0 Å². The van der Waals surface area contributed by atoms with Gasteiger partial charge in [-0.2, -0.15) is 0 Å². The number of nitrogens with one attached hydrogen (secondary N) is 1. The Kier molecular flexibility index (Phi) is 4.63. The number of benzene rings is 1. The van der Waals surface area contributed by atoms with E-state index in [1.165, 1.54) is 31.5 Å². The van der Waals surface area contributed by atoms with Crippen LogP contribution in [0.25, 0.3) is 0 Å². The largest absolute Gasteiger partial charge is 0.497 e. The van der Waals surface area contributed by atoms with Crippen LogP contribution in [0.5, 0.6) is 5.75 Å². The number of hydrogen-bond donors (Lipinski definition) is 1. The van der Waals surface area contributed by atoms with Crippen LogP contribution in [0.4, 0.5) is 8.78 Å². The summed E-state index contributed by atoms with van der Waals surface area (Å²) in [4.78, 5) is 4.02. The van der Waals surface area contributed by atoms with Crippen LogP contribution >= 0.6 is 0 Å². The van der Waals surface area contributed by atoms with Crippen molar-refractivity contribution in [3.63, 3.8) is 0 Å². The van der Waals surface area contributed by atoms with Gasteiger partial charge in [0.1, 0.15) is 17.4 Å². The summed E-state index contributed by atoms with van der Waals surface area (Å²) in [6.07, 6.45) is 1.49. The van der Waals surface area contributed by atoms with Crippen LogP contribution in [0.1, 0.15) is 24.2 Å². The van der Waals surface area contributed by atoms with E-state index in [1.54, 1.807) is 12.1 Å². The van der Waals surface area contributed by atoms with Crippen molar-refractivity contribution in [2.75, 3.05) is 13.7 Å². The lowest BCUT2D eigenvalue weighted by atomic mass is 10.0. The predicted molar refractivity (Wildman–Crippen MR) is 72.7 cm³/mol. The quantitative estimate of drug-likeness (QED) is 0.912. The topological polar surface area (TPSA) is 34.1 Å². The molecule has 0 saturated heterocycles. The molecule has 0 radical (unpaired) electrons. The van der Waals surface area contributed by atoms with E-state index in [1.807, 2.05) is 6.92 Å². The zero-order valence-corrected chi connectivity index (χ0v) is 11.4. The van der Waals surface area contributed by atoms with E-state index in [9.17, 15) is 8.78 Å². The van der Waals surface area contributed by atoms with Gasteiger partial charge in [-0.3, -0.25) is 4.98 Å². The van der Waals surface area contributed by atoms with Gasteiger partial charge in [-0.25, -0.2) is 8.78 Å². The van der Waals surface area contributed by atoms with Crippen LogP contribution in [0.2, 0.25) is 0 Å². The number of halogens is 2. The van der Waals surface area contributed by atoms with Gasteiger partial charge in [-0.15, -0.1) is 0 Å². The van der Waals surface area contributed by atoms with Gasteiger partial charge >= 0.3 is 0 Å². The minimum Gasteiger partial charge on any atom is -0.497 e. The van der Waals surface area contributed by atoms with E-state index in [0.29, 0.717) is 17.9 Å². The summed E-state index contributed by atoms with van der Waals surface area (Å²) in [5.41, 5.74) is 0.517. The van der Waals surface area contributed by atoms with Crippen LogP contribution in [-0.4, -0.2) is 18.6 Å². The molecule has 0 aliphatic carbocycles. The molecule has 0 fully saturated rings. The van der Waals surface area contributed by atoms with Gasteiger partial charge in [-0.05, 0) is 24.7 Å².